The standard InChI is InChI=1S/C40H36FN3O4/c1-4-23-47-40(46)29-13-16-31(17-14-29)44-21-19-43(20-22-44)26(2)32-18-15-30(24-37(32)41)27-9-11-28(12-10-27)35-25-36-38(48-42(3)39(36)45)34-8-6-5-7-33(34)35/h4-18,24-26H,1,19-23H2,2-3H3. The third kappa shape index (κ3) is 5.80. The Hall–Kier alpha value is -5.47. The molecule has 0 saturated carbocycles. The van der Waals surface area contributed by atoms with Gasteiger partial charge >= 0.3 is 5.97 Å². The van der Waals surface area contributed by atoms with Crippen LogP contribution in [0.3, 0.4) is 0 Å². The lowest BCUT2D eigenvalue weighted by Gasteiger charge is -2.39. The molecule has 48 heavy (non-hydrogen) atoms. The number of rotatable bonds is 8. The molecule has 7 nitrogen and oxygen atoms in total. The summed E-state index contributed by atoms with van der Waals surface area (Å²) in [4.78, 5) is 29.4. The smallest absolute Gasteiger partial charge is 0.338 e. The van der Waals surface area contributed by atoms with Crippen LogP contribution in [0.2, 0.25) is 0 Å². The number of ether oxygens (including phenoxy) is 1. The molecule has 1 aromatic heterocycles. The number of esters is 1. The number of fused-ring (bicyclic) bond motifs is 3. The van der Waals surface area contributed by atoms with E-state index in [1.807, 2.05) is 78.9 Å². The van der Waals surface area contributed by atoms with Crippen LogP contribution in [-0.2, 0) is 11.8 Å². The van der Waals surface area contributed by atoms with E-state index in [1.165, 1.54) is 4.74 Å². The lowest BCUT2D eigenvalue weighted by Crippen LogP contribution is -2.47. The minimum Gasteiger partial charge on any atom is -0.458 e. The Bertz CT molecular complexity index is 2190. The van der Waals surface area contributed by atoms with Gasteiger partial charge in [0.1, 0.15) is 12.4 Å². The molecular formula is C40H36FN3O4. The van der Waals surface area contributed by atoms with Gasteiger partial charge in [0.25, 0.3) is 5.56 Å². The normalized spacial score (nSPS) is 14.4. The van der Waals surface area contributed by atoms with Crippen molar-refractivity contribution >= 4 is 33.4 Å². The number of piperazine rings is 1. The van der Waals surface area contributed by atoms with Gasteiger partial charge in [-0.3, -0.25) is 9.69 Å². The summed E-state index contributed by atoms with van der Waals surface area (Å²) in [7, 11) is 1.62. The predicted molar refractivity (Wildman–Crippen MR) is 189 cm³/mol. The van der Waals surface area contributed by atoms with Crippen molar-refractivity contribution < 1.29 is 18.4 Å². The van der Waals surface area contributed by atoms with Crippen LogP contribution in [0.5, 0.6) is 0 Å². The highest BCUT2D eigenvalue weighted by atomic mass is 19.1. The molecule has 5 aromatic carbocycles. The molecule has 1 aliphatic rings. The third-order valence-electron chi connectivity index (χ3n) is 9.38. The first-order chi connectivity index (χ1) is 23.3. The van der Waals surface area contributed by atoms with Gasteiger partial charge in [0.2, 0.25) is 0 Å². The molecule has 0 radical (unpaired) electrons. The summed E-state index contributed by atoms with van der Waals surface area (Å²) in [5, 5.41) is 2.43. The lowest BCUT2D eigenvalue weighted by molar-refractivity contribution is 0.0549. The Kier molecular flexibility index (Phi) is 8.41. The first-order valence-corrected chi connectivity index (χ1v) is 16.1. The number of hydrogen-bond acceptors (Lipinski definition) is 6. The molecule has 1 unspecified atom stereocenters. The largest absolute Gasteiger partial charge is 0.458 e. The van der Waals surface area contributed by atoms with Gasteiger partial charge in [0.05, 0.1) is 10.9 Å². The first kappa shape index (κ1) is 31.1. The summed E-state index contributed by atoms with van der Waals surface area (Å²) in [6.45, 7) is 8.99. The van der Waals surface area contributed by atoms with Crippen molar-refractivity contribution in [3.63, 3.8) is 0 Å². The van der Waals surface area contributed by atoms with E-state index in [0.717, 1.165) is 64.9 Å². The number of anilines is 1. The molecule has 1 saturated heterocycles. The van der Waals surface area contributed by atoms with E-state index < -0.39 is 0 Å². The van der Waals surface area contributed by atoms with Gasteiger partial charge in [-0.1, -0.05) is 73.3 Å². The molecule has 8 heteroatoms. The highest BCUT2D eigenvalue weighted by molar-refractivity contribution is 6.11. The highest BCUT2D eigenvalue weighted by Crippen LogP contribution is 2.36. The van der Waals surface area contributed by atoms with Crippen LogP contribution in [-0.4, -0.2) is 48.4 Å². The van der Waals surface area contributed by atoms with Gasteiger partial charge in [-0.2, -0.15) is 4.74 Å². The number of benzene rings is 5. The van der Waals surface area contributed by atoms with Crippen LogP contribution in [0, 0.1) is 5.82 Å². The van der Waals surface area contributed by atoms with E-state index in [0.29, 0.717) is 22.1 Å². The molecule has 1 fully saturated rings. The summed E-state index contributed by atoms with van der Waals surface area (Å²) >= 11 is 0. The van der Waals surface area contributed by atoms with Crippen LogP contribution in [0.4, 0.5) is 10.1 Å². The summed E-state index contributed by atoms with van der Waals surface area (Å²) in [5.74, 6) is -0.589. The Morgan fingerprint density at radius 2 is 1.54 bits per heavy atom. The zero-order chi connectivity index (χ0) is 33.4. The van der Waals surface area contributed by atoms with Crippen LogP contribution in [0.15, 0.2) is 119 Å². The van der Waals surface area contributed by atoms with Crippen molar-refractivity contribution in [1.29, 1.82) is 0 Å². The summed E-state index contributed by atoms with van der Waals surface area (Å²) in [6.07, 6.45) is 1.55. The molecular weight excluding hydrogens is 605 g/mol. The lowest BCUT2D eigenvalue weighted by atomic mass is 9.94. The predicted octanol–water partition coefficient (Wildman–Crippen LogP) is 7.98. The molecule has 0 bridgehead atoms. The van der Waals surface area contributed by atoms with Gasteiger partial charge in [-0.05, 0) is 71.0 Å². The zero-order valence-corrected chi connectivity index (χ0v) is 27.0. The molecule has 242 valence electrons. The maximum Gasteiger partial charge on any atom is 0.338 e. The van der Waals surface area contributed by atoms with E-state index in [9.17, 15) is 9.59 Å². The quantitative estimate of drug-likeness (QED) is 0.124. The van der Waals surface area contributed by atoms with Crippen LogP contribution in [0.25, 0.3) is 44.0 Å². The Balaban J connectivity index is 1.04. The van der Waals surface area contributed by atoms with Crippen LogP contribution >= 0.6 is 0 Å². The number of carbonyl (C=O) groups excluding carboxylic acids is 1. The number of carbonyl (C=O) groups is 1. The Morgan fingerprint density at radius 3 is 2.23 bits per heavy atom. The van der Waals surface area contributed by atoms with E-state index in [2.05, 4.69) is 23.3 Å². The van der Waals surface area contributed by atoms with Crippen molar-refractivity contribution in [1.82, 2.24) is 9.64 Å². The zero-order valence-electron chi connectivity index (χ0n) is 27.0. The van der Waals surface area contributed by atoms with Crippen molar-refractivity contribution in [2.24, 2.45) is 7.05 Å². The minimum absolute atomic E-state index is 0.0793. The van der Waals surface area contributed by atoms with Crippen molar-refractivity contribution in [3.8, 4) is 22.3 Å². The van der Waals surface area contributed by atoms with Gasteiger partial charge in [-0.15, -0.1) is 0 Å². The third-order valence-corrected chi connectivity index (χ3v) is 9.38. The fourth-order valence-electron chi connectivity index (χ4n) is 6.67. The maximum atomic E-state index is 15.6. The second kappa shape index (κ2) is 13.0. The number of aryl methyl sites for hydroxylation is 1. The van der Waals surface area contributed by atoms with E-state index in [4.69, 9.17) is 9.26 Å². The van der Waals surface area contributed by atoms with Gasteiger partial charge in [0, 0.05) is 55.9 Å². The average molecular weight is 642 g/mol. The summed E-state index contributed by atoms with van der Waals surface area (Å²) in [5.41, 5.74) is 6.27. The fraction of sp³-hybridized carbons (Fsp3) is 0.200. The molecule has 7 rings (SSSR count). The highest BCUT2D eigenvalue weighted by Gasteiger charge is 2.25. The minimum atomic E-state index is -0.364. The molecule has 0 N–H and O–H groups in total. The Labute approximate surface area is 278 Å². The average Bonchev–Trinajstić information content (AvgIpc) is 3.42. The maximum absolute atomic E-state index is 15.6. The molecule has 1 atom stereocenters. The first-order valence-electron chi connectivity index (χ1n) is 16.1. The number of nitrogens with zero attached hydrogens (tertiary/aromatic N) is 3. The summed E-state index contributed by atoms with van der Waals surface area (Å²) in [6, 6.07) is 30.7. The SMILES string of the molecule is C=CCOC(=O)c1ccc(N2CCN(C(C)c3ccc(-c4ccc(-c5cc6c(=O)n(C)oc6c6ccccc56)cc4)cc3F)CC2)cc1. The molecule has 0 amide bonds. The fourth-order valence-corrected chi connectivity index (χ4v) is 6.67. The molecule has 0 spiro atoms. The Morgan fingerprint density at radius 1 is 0.875 bits per heavy atom. The van der Waals surface area contributed by atoms with Crippen LogP contribution in [0.1, 0.15) is 28.9 Å². The van der Waals surface area contributed by atoms with Gasteiger partial charge in [0.15, 0.2) is 5.58 Å². The number of halogens is 1. The van der Waals surface area contributed by atoms with E-state index >= 15 is 4.39 Å². The van der Waals surface area contributed by atoms with Crippen LogP contribution < -0.4 is 10.5 Å². The molecule has 1 aliphatic heterocycles. The molecule has 6 aromatic rings. The number of aromatic nitrogens is 1. The van der Waals surface area contributed by atoms with Crippen molar-refractivity contribution in [3.05, 3.63) is 137 Å². The van der Waals surface area contributed by atoms with Gasteiger partial charge in [-0.25, -0.2) is 9.18 Å². The molecule has 2 heterocycles. The van der Waals surface area contributed by atoms with Gasteiger partial charge < -0.3 is 14.2 Å². The second-order valence-electron chi connectivity index (χ2n) is 12.2. The summed E-state index contributed by atoms with van der Waals surface area (Å²) < 4.78 is 27.8. The van der Waals surface area contributed by atoms with Crippen molar-refractivity contribution in [2.75, 3.05) is 37.7 Å². The molecule has 0 aliphatic carbocycles. The second-order valence-corrected chi connectivity index (χ2v) is 12.2. The number of hydrogen-bond donors (Lipinski definition) is 0. The monoisotopic (exact) mass is 641 g/mol. The van der Waals surface area contributed by atoms with E-state index in [1.54, 1.807) is 31.3 Å². The topological polar surface area (TPSA) is 67.9 Å². The van der Waals surface area contributed by atoms with Crippen molar-refractivity contribution in [2.45, 2.75) is 13.0 Å². The van der Waals surface area contributed by atoms with E-state index in [-0.39, 0.29) is 30.0 Å².